The highest BCUT2D eigenvalue weighted by molar-refractivity contribution is 5.68. The van der Waals surface area contributed by atoms with Crippen LogP contribution in [0.4, 0.5) is 13.2 Å². The first-order valence-corrected chi connectivity index (χ1v) is 5.22. The molecule has 2 nitrogen and oxygen atoms in total. The minimum atomic E-state index is -4.42. The fourth-order valence-corrected chi connectivity index (χ4v) is 1.34. The molecule has 0 fully saturated rings. The maximum absolute atomic E-state index is 12.8. The average Bonchev–Trinajstić information content (AvgIpc) is 2.28. The molecule has 0 heterocycles. The number of carbonyl (C=O) groups is 1. The zero-order valence-corrected chi connectivity index (χ0v) is 9.33. The van der Waals surface area contributed by atoms with Gasteiger partial charge in [-0.15, -0.1) is 0 Å². The molecule has 5 heteroatoms. The summed E-state index contributed by atoms with van der Waals surface area (Å²) < 4.78 is 42.9. The fourth-order valence-electron chi connectivity index (χ4n) is 1.34. The number of carbonyl (C=O) groups excluding carboxylic acids is 1. The number of hydrogen-bond donors (Lipinski definition) is 0. The van der Waals surface area contributed by atoms with E-state index in [0.29, 0.717) is 0 Å². The molecule has 0 aromatic heterocycles. The summed E-state index contributed by atoms with van der Waals surface area (Å²) in [5.41, 5.74) is 0.101. The Kier molecular flexibility index (Phi) is 4.54. The molecule has 1 aromatic rings. The highest BCUT2D eigenvalue weighted by Gasteiger charge is 2.41. The standard InChI is InChI=1S/C12H13F3O2/c1-2-11(16)17-8-10(12(13,14)15)9-6-4-3-5-7-9/h3-7,10H,2,8H2,1H3/t10-/m1/s1. The van der Waals surface area contributed by atoms with Crippen LogP contribution in [0, 0.1) is 0 Å². The normalized spacial score (nSPS) is 13.2. The Morgan fingerprint density at radius 2 is 1.88 bits per heavy atom. The van der Waals surface area contributed by atoms with Gasteiger partial charge in [-0.1, -0.05) is 37.3 Å². The molecule has 1 rings (SSSR count). The van der Waals surface area contributed by atoms with Crippen LogP contribution >= 0.6 is 0 Å². The topological polar surface area (TPSA) is 26.3 Å². The first-order valence-electron chi connectivity index (χ1n) is 5.22. The van der Waals surface area contributed by atoms with Crippen molar-refractivity contribution < 1.29 is 22.7 Å². The third-order valence-electron chi connectivity index (χ3n) is 2.30. The quantitative estimate of drug-likeness (QED) is 0.762. The van der Waals surface area contributed by atoms with Gasteiger partial charge in [-0.05, 0) is 5.56 Å². The van der Waals surface area contributed by atoms with E-state index in [-0.39, 0.29) is 12.0 Å². The van der Waals surface area contributed by atoms with Gasteiger partial charge >= 0.3 is 12.1 Å². The van der Waals surface area contributed by atoms with Gasteiger partial charge in [0.1, 0.15) is 12.5 Å². The number of ether oxygens (including phenoxy) is 1. The Balaban J connectivity index is 2.79. The van der Waals surface area contributed by atoms with E-state index in [4.69, 9.17) is 0 Å². The number of halogens is 3. The molecule has 0 saturated heterocycles. The summed E-state index contributed by atoms with van der Waals surface area (Å²) in [4.78, 5) is 10.9. The van der Waals surface area contributed by atoms with E-state index in [1.54, 1.807) is 6.07 Å². The Morgan fingerprint density at radius 1 is 1.29 bits per heavy atom. The highest BCUT2D eigenvalue weighted by Crippen LogP contribution is 2.34. The molecule has 0 aliphatic carbocycles. The minimum Gasteiger partial charge on any atom is -0.465 e. The van der Waals surface area contributed by atoms with Crippen molar-refractivity contribution in [3.05, 3.63) is 35.9 Å². The number of hydrogen-bond acceptors (Lipinski definition) is 2. The van der Waals surface area contributed by atoms with Gasteiger partial charge in [0.05, 0.1) is 0 Å². The zero-order valence-electron chi connectivity index (χ0n) is 9.33. The predicted molar refractivity (Wildman–Crippen MR) is 56.5 cm³/mol. The van der Waals surface area contributed by atoms with Crippen LogP contribution in [-0.4, -0.2) is 18.8 Å². The average molecular weight is 246 g/mol. The molecule has 17 heavy (non-hydrogen) atoms. The van der Waals surface area contributed by atoms with Gasteiger partial charge in [0.15, 0.2) is 0 Å². The van der Waals surface area contributed by atoms with Crippen molar-refractivity contribution in [2.75, 3.05) is 6.61 Å². The maximum atomic E-state index is 12.8. The summed E-state index contributed by atoms with van der Waals surface area (Å²) in [6.07, 6.45) is -4.35. The molecule has 94 valence electrons. The Morgan fingerprint density at radius 3 is 2.35 bits per heavy atom. The lowest BCUT2D eigenvalue weighted by atomic mass is 10.00. The highest BCUT2D eigenvalue weighted by atomic mass is 19.4. The fraction of sp³-hybridized carbons (Fsp3) is 0.417. The van der Waals surface area contributed by atoms with E-state index in [1.165, 1.54) is 31.2 Å². The second-order valence-electron chi connectivity index (χ2n) is 3.54. The van der Waals surface area contributed by atoms with Gasteiger partial charge in [0.2, 0.25) is 0 Å². The molecule has 0 radical (unpaired) electrons. The van der Waals surface area contributed by atoms with Crippen LogP contribution < -0.4 is 0 Å². The van der Waals surface area contributed by atoms with Crippen molar-refractivity contribution in [1.82, 2.24) is 0 Å². The van der Waals surface area contributed by atoms with Gasteiger partial charge in [0, 0.05) is 6.42 Å². The second-order valence-corrected chi connectivity index (χ2v) is 3.54. The van der Waals surface area contributed by atoms with Gasteiger partial charge in [0.25, 0.3) is 0 Å². The van der Waals surface area contributed by atoms with Gasteiger partial charge in [-0.2, -0.15) is 13.2 Å². The lowest BCUT2D eigenvalue weighted by Crippen LogP contribution is -2.26. The van der Waals surface area contributed by atoms with E-state index in [9.17, 15) is 18.0 Å². The van der Waals surface area contributed by atoms with Gasteiger partial charge in [-0.25, -0.2) is 0 Å². The van der Waals surface area contributed by atoms with E-state index in [0.717, 1.165) is 0 Å². The predicted octanol–water partition coefficient (Wildman–Crippen LogP) is 3.29. The minimum absolute atomic E-state index is 0.0688. The summed E-state index contributed by atoms with van der Waals surface area (Å²) in [6, 6.07) is 7.43. The van der Waals surface area contributed by atoms with Crippen molar-refractivity contribution in [3.8, 4) is 0 Å². The number of rotatable bonds is 4. The Labute approximate surface area is 97.4 Å². The van der Waals surface area contributed by atoms with Gasteiger partial charge < -0.3 is 4.74 Å². The Bertz CT molecular complexity index is 360. The summed E-state index contributed by atoms with van der Waals surface area (Å²) in [7, 11) is 0. The summed E-state index contributed by atoms with van der Waals surface area (Å²) >= 11 is 0. The maximum Gasteiger partial charge on any atom is 0.399 e. The van der Waals surface area contributed by atoms with E-state index < -0.39 is 24.7 Å². The van der Waals surface area contributed by atoms with Crippen molar-refractivity contribution in [3.63, 3.8) is 0 Å². The number of esters is 1. The zero-order chi connectivity index (χ0) is 12.9. The molecule has 0 unspecified atom stereocenters. The molecule has 0 aliphatic heterocycles. The first kappa shape index (κ1) is 13.5. The van der Waals surface area contributed by atoms with Crippen LogP contribution in [0.15, 0.2) is 30.3 Å². The third-order valence-corrected chi connectivity index (χ3v) is 2.30. The smallest absolute Gasteiger partial charge is 0.399 e. The molecule has 0 amide bonds. The van der Waals surface area contributed by atoms with E-state index in [2.05, 4.69) is 4.74 Å². The molecule has 0 saturated carbocycles. The van der Waals surface area contributed by atoms with Crippen molar-refractivity contribution in [2.24, 2.45) is 0 Å². The molecule has 0 bridgehead atoms. The van der Waals surface area contributed by atoms with Crippen molar-refractivity contribution in [1.29, 1.82) is 0 Å². The van der Waals surface area contributed by atoms with E-state index >= 15 is 0 Å². The van der Waals surface area contributed by atoms with Crippen molar-refractivity contribution in [2.45, 2.75) is 25.4 Å². The molecule has 0 aliphatic rings. The SMILES string of the molecule is CCC(=O)OC[C@H](c1ccccc1)C(F)(F)F. The van der Waals surface area contributed by atoms with E-state index in [1.807, 2.05) is 0 Å². The summed E-state index contributed by atoms with van der Waals surface area (Å²) in [5, 5.41) is 0. The van der Waals surface area contributed by atoms with Crippen LogP contribution in [0.5, 0.6) is 0 Å². The lowest BCUT2D eigenvalue weighted by Gasteiger charge is -2.20. The van der Waals surface area contributed by atoms with Crippen LogP contribution in [0.3, 0.4) is 0 Å². The monoisotopic (exact) mass is 246 g/mol. The lowest BCUT2D eigenvalue weighted by molar-refractivity contribution is -0.170. The molecule has 0 spiro atoms. The largest absolute Gasteiger partial charge is 0.465 e. The summed E-state index contributed by atoms with van der Waals surface area (Å²) in [5.74, 6) is -2.39. The third kappa shape index (κ3) is 4.09. The molecule has 1 atom stereocenters. The molecular formula is C12H13F3O2. The second kappa shape index (κ2) is 5.70. The van der Waals surface area contributed by atoms with Crippen LogP contribution in [0.1, 0.15) is 24.8 Å². The molecular weight excluding hydrogens is 233 g/mol. The van der Waals surface area contributed by atoms with Crippen LogP contribution in [0.25, 0.3) is 0 Å². The van der Waals surface area contributed by atoms with Crippen LogP contribution in [-0.2, 0) is 9.53 Å². The van der Waals surface area contributed by atoms with Crippen molar-refractivity contribution >= 4 is 5.97 Å². The number of alkyl halides is 3. The molecule has 1 aromatic carbocycles. The first-order chi connectivity index (χ1) is 7.95. The Hall–Kier alpha value is -1.52. The molecule has 0 N–H and O–H groups in total. The number of benzene rings is 1. The van der Waals surface area contributed by atoms with Crippen LogP contribution in [0.2, 0.25) is 0 Å². The van der Waals surface area contributed by atoms with Gasteiger partial charge in [-0.3, -0.25) is 4.79 Å². The summed E-state index contributed by atoms with van der Waals surface area (Å²) in [6.45, 7) is 0.869.